The topological polar surface area (TPSA) is 80.9 Å². The molecule has 1 N–H and O–H groups in total. The Bertz CT molecular complexity index is 808. The van der Waals surface area contributed by atoms with E-state index < -0.39 is 0 Å². The van der Waals surface area contributed by atoms with Crippen molar-refractivity contribution in [2.75, 3.05) is 0 Å². The highest BCUT2D eigenvalue weighted by atomic mass is 32.1. The number of aryl methyl sites for hydroxylation is 2. The van der Waals surface area contributed by atoms with Crippen LogP contribution in [0, 0.1) is 6.92 Å². The van der Waals surface area contributed by atoms with Gasteiger partial charge in [-0.1, -0.05) is 36.3 Å². The lowest BCUT2D eigenvalue weighted by Gasteiger charge is -2.04. The van der Waals surface area contributed by atoms with E-state index in [0.717, 1.165) is 12.0 Å². The van der Waals surface area contributed by atoms with E-state index in [2.05, 4.69) is 39.5 Å². The first-order valence-corrected chi connectivity index (χ1v) is 8.16. The summed E-state index contributed by atoms with van der Waals surface area (Å²) in [5.74, 6) is 0.652. The second kappa shape index (κ2) is 6.70. The molecule has 0 aliphatic carbocycles. The van der Waals surface area contributed by atoms with Crippen LogP contribution in [0.2, 0.25) is 0 Å². The molecule has 0 bridgehead atoms. The van der Waals surface area contributed by atoms with Gasteiger partial charge in [-0.15, -0.1) is 11.3 Å². The van der Waals surface area contributed by atoms with E-state index in [0.29, 0.717) is 29.0 Å². The molecular weight excluding hydrogens is 312 g/mol. The SMILES string of the molecule is CCc1ccc(CNC(=O)c2nc(-c3nc(C)no3)cs2)cc1. The molecule has 0 atom stereocenters. The Morgan fingerprint density at radius 3 is 2.61 bits per heavy atom. The Morgan fingerprint density at radius 1 is 1.22 bits per heavy atom. The van der Waals surface area contributed by atoms with Crippen molar-refractivity contribution in [3.8, 4) is 11.6 Å². The van der Waals surface area contributed by atoms with Gasteiger partial charge >= 0.3 is 0 Å². The molecule has 23 heavy (non-hydrogen) atoms. The zero-order valence-corrected chi connectivity index (χ0v) is 13.7. The van der Waals surface area contributed by atoms with E-state index in [1.165, 1.54) is 16.9 Å². The lowest BCUT2D eigenvalue weighted by molar-refractivity contribution is 0.0950. The van der Waals surface area contributed by atoms with Gasteiger partial charge in [0.05, 0.1) is 0 Å². The van der Waals surface area contributed by atoms with Crippen LogP contribution in [0.3, 0.4) is 0 Å². The van der Waals surface area contributed by atoms with Gasteiger partial charge in [-0.3, -0.25) is 4.79 Å². The van der Waals surface area contributed by atoms with E-state index in [-0.39, 0.29) is 5.91 Å². The average Bonchev–Trinajstić information content (AvgIpc) is 3.22. The number of amides is 1. The van der Waals surface area contributed by atoms with Crippen molar-refractivity contribution in [3.05, 3.63) is 51.6 Å². The molecule has 1 aromatic carbocycles. The fourth-order valence-corrected chi connectivity index (χ4v) is 2.74. The first kappa shape index (κ1) is 15.4. The van der Waals surface area contributed by atoms with Crippen LogP contribution in [0.5, 0.6) is 0 Å². The number of rotatable bonds is 5. The molecule has 6 nitrogen and oxygen atoms in total. The number of nitrogens with one attached hydrogen (secondary N) is 1. The van der Waals surface area contributed by atoms with Gasteiger partial charge in [0.15, 0.2) is 10.8 Å². The quantitative estimate of drug-likeness (QED) is 0.778. The number of hydrogen-bond acceptors (Lipinski definition) is 6. The molecule has 0 saturated heterocycles. The molecular formula is C16H16N4O2S. The van der Waals surface area contributed by atoms with E-state index in [1.54, 1.807) is 12.3 Å². The molecule has 2 aromatic heterocycles. The van der Waals surface area contributed by atoms with Crippen LogP contribution in [0.25, 0.3) is 11.6 Å². The largest absolute Gasteiger partial charge is 0.346 e. The van der Waals surface area contributed by atoms with Crippen LogP contribution >= 0.6 is 11.3 Å². The Hall–Kier alpha value is -2.54. The lowest BCUT2D eigenvalue weighted by Crippen LogP contribution is -2.22. The number of benzene rings is 1. The molecule has 0 fully saturated rings. The van der Waals surface area contributed by atoms with E-state index in [1.807, 2.05) is 12.1 Å². The van der Waals surface area contributed by atoms with Crippen molar-refractivity contribution >= 4 is 17.2 Å². The molecule has 2 heterocycles. The Kier molecular flexibility index (Phi) is 4.47. The van der Waals surface area contributed by atoms with Crippen LogP contribution < -0.4 is 5.32 Å². The van der Waals surface area contributed by atoms with Gasteiger partial charge in [0.2, 0.25) is 0 Å². The van der Waals surface area contributed by atoms with Crippen molar-refractivity contribution in [3.63, 3.8) is 0 Å². The number of carbonyl (C=O) groups excluding carboxylic acids is 1. The fraction of sp³-hybridized carbons (Fsp3) is 0.250. The first-order valence-electron chi connectivity index (χ1n) is 7.28. The van der Waals surface area contributed by atoms with Crippen LogP contribution in [-0.2, 0) is 13.0 Å². The van der Waals surface area contributed by atoms with Gasteiger partial charge in [-0.2, -0.15) is 4.98 Å². The van der Waals surface area contributed by atoms with Crippen LogP contribution in [0.4, 0.5) is 0 Å². The van der Waals surface area contributed by atoms with Gasteiger partial charge in [0.1, 0.15) is 5.69 Å². The van der Waals surface area contributed by atoms with Crippen molar-refractivity contribution < 1.29 is 9.32 Å². The van der Waals surface area contributed by atoms with Crippen LogP contribution in [0.1, 0.15) is 33.7 Å². The number of carbonyl (C=O) groups is 1. The zero-order valence-electron chi connectivity index (χ0n) is 12.9. The smallest absolute Gasteiger partial charge is 0.280 e. The second-order valence-corrected chi connectivity index (χ2v) is 5.90. The zero-order chi connectivity index (χ0) is 16.2. The Morgan fingerprint density at radius 2 is 1.96 bits per heavy atom. The first-order chi connectivity index (χ1) is 11.2. The molecule has 3 rings (SSSR count). The highest BCUT2D eigenvalue weighted by molar-refractivity contribution is 7.12. The molecule has 118 valence electrons. The summed E-state index contributed by atoms with van der Waals surface area (Å²) < 4.78 is 5.05. The normalized spacial score (nSPS) is 10.7. The fourth-order valence-electron chi connectivity index (χ4n) is 2.03. The van der Waals surface area contributed by atoms with Crippen molar-refractivity contribution in [2.45, 2.75) is 26.8 Å². The molecule has 0 spiro atoms. The van der Waals surface area contributed by atoms with Gasteiger partial charge in [0, 0.05) is 11.9 Å². The lowest BCUT2D eigenvalue weighted by atomic mass is 10.1. The highest BCUT2D eigenvalue weighted by Gasteiger charge is 2.15. The molecule has 0 aliphatic rings. The van der Waals surface area contributed by atoms with Gasteiger partial charge in [-0.05, 0) is 24.5 Å². The third-order valence-corrected chi connectivity index (χ3v) is 4.17. The van der Waals surface area contributed by atoms with Crippen LogP contribution in [0.15, 0.2) is 34.2 Å². The van der Waals surface area contributed by atoms with Gasteiger partial charge < -0.3 is 9.84 Å². The average molecular weight is 328 g/mol. The summed E-state index contributed by atoms with van der Waals surface area (Å²) >= 11 is 1.25. The van der Waals surface area contributed by atoms with Crippen molar-refractivity contribution in [2.24, 2.45) is 0 Å². The summed E-state index contributed by atoms with van der Waals surface area (Å²) in [5.41, 5.74) is 2.85. The minimum Gasteiger partial charge on any atom is -0.346 e. The van der Waals surface area contributed by atoms with E-state index in [4.69, 9.17) is 4.52 Å². The predicted octanol–water partition coefficient (Wildman–Crippen LogP) is 2.99. The number of thiazole rings is 1. The molecule has 0 radical (unpaired) electrons. The second-order valence-electron chi connectivity index (χ2n) is 5.04. The molecule has 0 aliphatic heterocycles. The monoisotopic (exact) mass is 328 g/mol. The maximum Gasteiger partial charge on any atom is 0.280 e. The summed E-state index contributed by atoms with van der Waals surface area (Å²) in [4.78, 5) is 20.5. The number of hydrogen-bond donors (Lipinski definition) is 1. The minimum atomic E-state index is -0.211. The van der Waals surface area contributed by atoms with E-state index >= 15 is 0 Å². The summed E-state index contributed by atoms with van der Waals surface area (Å²) in [6, 6.07) is 8.18. The molecule has 0 saturated carbocycles. The summed E-state index contributed by atoms with van der Waals surface area (Å²) in [7, 11) is 0. The van der Waals surface area contributed by atoms with Crippen LogP contribution in [-0.4, -0.2) is 21.0 Å². The van der Waals surface area contributed by atoms with Crippen molar-refractivity contribution in [1.82, 2.24) is 20.4 Å². The summed E-state index contributed by atoms with van der Waals surface area (Å²) in [6.45, 7) is 4.32. The van der Waals surface area contributed by atoms with E-state index in [9.17, 15) is 4.79 Å². The minimum absolute atomic E-state index is 0.211. The Balaban J connectivity index is 1.63. The molecule has 7 heteroatoms. The third kappa shape index (κ3) is 3.62. The number of nitrogens with zero attached hydrogens (tertiary/aromatic N) is 3. The van der Waals surface area contributed by atoms with Crippen molar-refractivity contribution in [1.29, 1.82) is 0 Å². The molecule has 1 amide bonds. The Labute approximate surface area is 137 Å². The molecule has 0 unspecified atom stereocenters. The maximum atomic E-state index is 12.2. The maximum absolute atomic E-state index is 12.2. The number of aromatic nitrogens is 3. The highest BCUT2D eigenvalue weighted by Crippen LogP contribution is 2.20. The standard InChI is InChI=1S/C16H16N4O2S/c1-3-11-4-6-12(7-5-11)8-17-14(21)16-19-13(9-23-16)15-18-10(2)20-22-15/h4-7,9H,3,8H2,1-2H3,(H,17,21). The summed E-state index contributed by atoms with van der Waals surface area (Å²) in [5, 5.41) is 8.69. The summed E-state index contributed by atoms with van der Waals surface area (Å²) in [6.07, 6.45) is 1.00. The van der Waals surface area contributed by atoms with Gasteiger partial charge in [0.25, 0.3) is 11.8 Å². The van der Waals surface area contributed by atoms with Gasteiger partial charge in [-0.25, -0.2) is 4.98 Å². The third-order valence-electron chi connectivity index (χ3n) is 3.33. The molecule has 3 aromatic rings. The predicted molar refractivity (Wildman–Crippen MR) is 87.1 cm³/mol.